The molecule has 1 saturated heterocycles. The summed E-state index contributed by atoms with van der Waals surface area (Å²) in [5, 5.41) is 8.51. The number of ketones is 1. The van der Waals surface area contributed by atoms with Gasteiger partial charge >= 0.3 is 0 Å². The molecule has 9 nitrogen and oxygen atoms in total. The van der Waals surface area contributed by atoms with E-state index in [9.17, 15) is 19.2 Å². The molecule has 2 aliphatic heterocycles. The van der Waals surface area contributed by atoms with Gasteiger partial charge < -0.3 is 10.6 Å². The molecule has 0 radical (unpaired) electrons. The van der Waals surface area contributed by atoms with Gasteiger partial charge in [0.25, 0.3) is 5.91 Å². The molecule has 0 spiro atoms. The van der Waals surface area contributed by atoms with Crippen molar-refractivity contribution in [3.05, 3.63) is 83.6 Å². The fourth-order valence-electron chi connectivity index (χ4n) is 6.03. The molecule has 3 amide bonds. The number of nitrogens with zero attached hydrogens (tertiary/aromatic N) is 2. The molecular formula is C37H45N5O4. The minimum atomic E-state index is -0.885. The van der Waals surface area contributed by atoms with E-state index in [0.717, 1.165) is 27.7 Å². The van der Waals surface area contributed by atoms with E-state index in [1.165, 1.54) is 5.01 Å². The number of hydrogen-bond donors (Lipinski definition) is 3. The molecule has 1 unspecified atom stereocenters. The maximum atomic E-state index is 14.0. The first-order valence-electron chi connectivity index (χ1n) is 16.3. The van der Waals surface area contributed by atoms with Gasteiger partial charge in [-0.2, -0.15) is 0 Å². The number of allylic oxidation sites excluding steroid dienone is 1. The third-order valence-electron chi connectivity index (χ3n) is 9.16. The topological polar surface area (TPSA) is 120 Å². The average Bonchev–Trinajstić information content (AvgIpc) is 3.05. The summed E-state index contributed by atoms with van der Waals surface area (Å²) < 4.78 is 0. The van der Waals surface area contributed by atoms with Crippen LogP contribution in [0, 0.1) is 17.3 Å². The summed E-state index contributed by atoms with van der Waals surface area (Å²) in [7, 11) is 0. The van der Waals surface area contributed by atoms with Crippen LogP contribution in [0.4, 0.5) is 0 Å². The summed E-state index contributed by atoms with van der Waals surface area (Å²) in [5.74, 6) is -1.70. The van der Waals surface area contributed by atoms with Crippen molar-refractivity contribution in [2.45, 2.75) is 78.4 Å². The van der Waals surface area contributed by atoms with E-state index in [2.05, 4.69) is 16.1 Å². The number of rotatable bonds is 3. The van der Waals surface area contributed by atoms with Crippen molar-refractivity contribution < 1.29 is 19.2 Å². The number of pyridine rings is 1. The van der Waals surface area contributed by atoms with Crippen LogP contribution >= 0.6 is 0 Å². The molecule has 1 fully saturated rings. The van der Waals surface area contributed by atoms with Gasteiger partial charge in [0, 0.05) is 36.1 Å². The number of aromatic nitrogens is 1. The summed E-state index contributed by atoms with van der Waals surface area (Å²) in [6.07, 6.45) is 5.29. The molecule has 4 atom stereocenters. The molecule has 9 heteroatoms. The quantitative estimate of drug-likeness (QED) is 0.381. The zero-order valence-electron chi connectivity index (χ0n) is 27.4. The SMILES string of the molecule is CC(C)[C@@H]1CC(=O)C(C)(C)/C=C/c2ccc3ccc(nc3c2)[C@@H](C)NC(=O)C2CCCN(N2)C(=O)[C@H](Cc2ccccc2)NC1=O. The monoisotopic (exact) mass is 623 g/mol. The average molecular weight is 624 g/mol. The van der Waals surface area contributed by atoms with Gasteiger partial charge in [0.05, 0.1) is 17.3 Å². The van der Waals surface area contributed by atoms with Crippen molar-refractivity contribution in [3.8, 4) is 0 Å². The Morgan fingerprint density at radius 3 is 2.43 bits per heavy atom. The van der Waals surface area contributed by atoms with Gasteiger partial charge in [-0.25, -0.2) is 5.43 Å². The molecule has 242 valence electrons. The smallest absolute Gasteiger partial charge is 0.259 e. The third kappa shape index (κ3) is 7.70. The summed E-state index contributed by atoms with van der Waals surface area (Å²) in [6.45, 7) is 9.85. The number of carbonyl (C=O) groups is 4. The summed E-state index contributed by atoms with van der Waals surface area (Å²) in [5.41, 5.74) is 5.59. The van der Waals surface area contributed by atoms with Crippen molar-refractivity contribution in [1.82, 2.24) is 26.1 Å². The lowest BCUT2D eigenvalue weighted by atomic mass is 9.79. The van der Waals surface area contributed by atoms with Crippen LogP contribution in [0.25, 0.3) is 17.0 Å². The van der Waals surface area contributed by atoms with Gasteiger partial charge in [-0.3, -0.25) is 29.2 Å². The van der Waals surface area contributed by atoms with E-state index in [4.69, 9.17) is 4.98 Å². The molecule has 5 rings (SSSR count). The molecule has 46 heavy (non-hydrogen) atoms. The van der Waals surface area contributed by atoms with Crippen LogP contribution < -0.4 is 16.1 Å². The Hall–Kier alpha value is -4.37. The number of carbonyl (C=O) groups excluding carboxylic acids is 4. The van der Waals surface area contributed by atoms with Gasteiger partial charge in [-0.05, 0) is 62.8 Å². The first kappa shape index (κ1) is 33.0. The highest BCUT2D eigenvalue weighted by Crippen LogP contribution is 2.28. The summed E-state index contributed by atoms with van der Waals surface area (Å²) in [4.78, 5) is 59.9. The first-order valence-corrected chi connectivity index (χ1v) is 16.3. The predicted octanol–water partition coefficient (Wildman–Crippen LogP) is 4.92. The van der Waals surface area contributed by atoms with E-state index in [1.54, 1.807) is 0 Å². The predicted molar refractivity (Wildman–Crippen MR) is 179 cm³/mol. The molecule has 2 aromatic carbocycles. The van der Waals surface area contributed by atoms with Gasteiger partial charge in [0.1, 0.15) is 17.9 Å². The lowest BCUT2D eigenvalue weighted by Crippen LogP contribution is -2.62. The summed E-state index contributed by atoms with van der Waals surface area (Å²) in [6, 6.07) is 17.5. The first-order chi connectivity index (χ1) is 21.9. The summed E-state index contributed by atoms with van der Waals surface area (Å²) >= 11 is 0. The van der Waals surface area contributed by atoms with Crippen molar-refractivity contribution in [3.63, 3.8) is 0 Å². The number of fused-ring (bicyclic) bond motifs is 4. The molecule has 3 aromatic rings. The zero-order valence-corrected chi connectivity index (χ0v) is 27.4. The van der Waals surface area contributed by atoms with Crippen molar-refractivity contribution in [2.75, 3.05) is 6.54 Å². The molecule has 3 heterocycles. The maximum Gasteiger partial charge on any atom is 0.259 e. The standard InChI is InChI=1S/C37H45N5O4/c1-23(2)28-22-33(43)37(4,5)18-17-26-13-14-27-15-16-29(39-31(27)20-26)24(3)38-35(45)30-12-9-19-42(41-30)36(46)32(40-34(28)44)21-25-10-7-6-8-11-25/h6-8,10-11,13-18,20,23-24,28,30,32,41H,9,12,19,21-22H2,1-5H3,(H,38,45)(H,40,44)/b18-17+/t24-,28+,30?,32+/m1/s1. The van der Waals surface area contributed by atoms with Crippen LogP contribution in [0.15, 0.2) is 66.7 Å². The van der Waals surface area contributed by atoms with E-state index in [-0.39, 0.29) is 48.3 Å². The molecule has 0 saturated carbocycles. The van der Waals surface area contributed by atoms with Crippen LogP contribution in [-0.4, -0.2) is 52.1 Å². The number of nitrogens with one attached hydrogen (secondary N) is 3. The largest absolute Gasteiger partial charge is 0.347 e. The minimum Gasteiger partial charge on any atom is -0.347 e. The van der Waals surface area contributed by atoms with Crippen LogP contribution in [0.2, 0.25) is 0 Å². The van der Waals surface area contributed by atoms with Crippen molar-refractivity contribution in [2.24, 2.45) is 17.3 Å². The fourth-order valence-corrected chi connectivity index (χ4v) is 6.03. The Morgan fingerprint density at radius 1 is 0.957 bits per heavy atom. The minimum absolute atomic E-state index is 0.0395. The Kier molecular flexibility index (Phi) is 10.0. The second-order valence-corrected chi connectivity index (χ2v) is 13.5. The maximum absolute atomic E-state index is 14.0. The van der Waals surface area contributed by atoms with Gasteiger partial charge in [0.15, 0.2) is 0 Å². The Balaban J connectivity index is 1.52. The Bertz CT molecular complexity index is 1630. The highest BCUT2D eigenvalue weighted by Gasteiger charge is 2.36. The number of Topliss-reactive ketones (excluding diaryl/α,β-unsaturated/α-hetero) is 1. The number of benzene rings is 2. The van der Waals surface area contributed by atoms with E-state index in [1.807, 2.05) is 107 Å². The highest BCUT2D eigenvalue weighted by molar-refractivity contribution is 5.94. The molecule has 2 aliphatic rings. The normalized spacial score (nSPS) is 25.3. The lowest BCUT2D eigenvalue weighted by molar-refractivity contribution is -0.144. The zero-order chi connectivity index (χ0) is 33.0. The Labute approximate surface area is 271 Å². The van der Waals surface area contributed by atoms with E-state index >= 15 is 0 Å². The number of amides is 3. The van der Waals surface area contributed by atoms with Crippen LogP contribution in [0.1, 0.15) is 76.7 Å². The van der Waals surface area contributed by atoms with Gasteiger partial charge in [0.2, 0.25) is 11.8 Å². The van der Waals surface area contributed by atoms with Gasteiger partial charge in [-0.1, -0.05) is 74.5 Å². The molecule has 0 aliphatic carbocycles. The van der Waals surface area contributed by atoms with Crippen LogP contribution in [-0.2, 0) is 25.6 Å². The highest BCUT2D eigenvalue weighted by atomic mass is 16.2. The van der Waals surface area contributed by atoms with E-state index in [0.29, 0.717) is 19.4 Å². The van der Waals surface area contributed by atoms with Crippen molar-refractivity contribution in [1.29, 1.82) is 0 Å². The van der Waals surface area contributed by atoms with Crippen LogP contribution in [0.5, 0.6) is 0 Å². The Morgan fingerprint density at radius 2 is 1.70 bits per heavy atom. The van der Waals surface area contributed by atoms with E-state index < -0.39 is 23.4 Å². The molecule has 3 N–H and O–H groups in total. The molecule has 1 aromatic heterocycles. The van der Waals surface area contributed by atoms with Crippen LogP contribution in [0.3, 0.4) is 0 Å². The second-order valence-electron chi connectivity index (χ2n) is 13.5. The molecular weight excluding hydrogens is 578 g/mol. The lowest BCUT2D eigenvalue weighted by Gasteiger charge is -2.36. The van der Waals surface area contributed by atoms with Crippen molar-refractivity contribution >= 4 is 40.5 Å². The number of hydrogen-bond acceptors (Lipinski definition) is 6. The number of hydrazine groups is 1. The fraction of sp³-hybridized carbons (Fsp3) is 0.432. The third-order valence-corrected chi connectivity index (χ3v) is 9.16. The molecule has 5 bridgehead atoms. The second kappa shape index (κ2) is 14.0. The van der Waals surface area contributed by atoms with Gasteiger partial charge in [-0.15, -0.1) is 0 Å².